The fourth-order valence-electron chi connectivity index (χ4n) is 6.30. The van der Waals surface area contributed by atoms with E-state index in [1.807, 2.05) is 72.8 Å². The van der Waals surface area contributed by atoms with Gasteiger partial charge in [-0.15, -0.1) is 0 Å². The Bertz CT molecular complexity index is 1310. The summed E-state index contributed by atoms with van der Waals surface area (Å²) < 4.78 is 9.20. The average molecular weight is 1070 g/mol. The second kappa shape index (κ2) is 83.5. The van der Waals surface area contributed by atoms with Crippen molar-refractivity contribution >= 4 is 38.3 Å². The number of carboxylic acids is 1. The van der Waals surface area contributed by atoms with Crippen LogP contribution in [0.4, 0.5) is 0 Å². The molecule has 0 aliphatic heterocycles. The quantitative estimate of drug-likeness (QED) is 0.0351. The van der Waals surface area contributed by atoms with Crippen molar-refractivity contribution in [2.45, 2.75) is 223 Å². The van der Waals surface area contributed by atoms with Crippen molar-refractivity contribution in [1.29, 1.82) is 0 Å². The summed E-state index contributed by atoms with van der Waals surface area (Å²) in [6.45, 7) is 24.3. The fourth-order valence-corrected chi connectivity index (χ4v) is 6.30. The molecule has 0 aliphatic rings. The molecule has 0 saturated carbocycles. The van der Waals surface area contributed by atoms with Gasteiger partial charge in [0.2, 0.25) is 0 Å². The Morgan fingerprint density at radius 1 is 0.368 bits per heavy atom. The zero-order valence-electron chi connectivity index (χ0n) is 49.5. The van der Waals surface area contributed by atoms with Crippen LogP contribution in [0.25, 0.3) is 0 Å². The molecule has 0 atom stereocenters. The molecular formula is C64H112O12. The van der Waals surface area contributed by atoms with E-state index in [2.05, 4.69) is 78.7 Å². The molecule has 0 amide bonds. The molecule has 3 rings (SSSR count). The predicted octanol–water partition coefficient (Wildman–Crippen LogP) is 18.2. The van der Waals surface area contributed by atoms with Crippen LogP contribution in [0, 0.1) is 23.7 Å². The molecule has 3 aromatic carbocycles. The Morgan fingerprint density at radius 3 is 0.750 bits per heavy atom. The summed E-state index contributed by atoms with van der Waals surface area (Å²) in [5.74, 6) is 2.59. The first kappa shape index (κ1) is 84.4. The second-order valence-corrected chi connectivity index (χ2v) is 19.3. The number of benzene rings is 3. The van der Waals surface area contributed by atoms with Gasteiger partial charge in [0.25, 0.3) is 32.4 Å². The number of rotatable bonds is 31. The van der Waals surface area contributed by atoms with Crippen molar-refractivity contribution in [3.05, 3.63) is 109 Å². The maximum absolute atomic E-state index is 10.2. The first-order valence-electron chi connectivity index (χ1n) is 28.3. The normalized spacial score (nSPS) is 9.18. The molecule has 0 saturated heterocycles. The van der Waals surface area contributed by atoms with Crippen LogP contribution in [0.1, 0.15) is 234 Å². The third-order valence-electron chi connectivity index (χ3n) is 10.3. The number of hydrogen-bond acceptors (Lipinski definition) is 8. The minimum absolute atomic E-state index is 0.250. The van der Waals surface area contributed by atoms with E-state index in [1.165, 1.54) is 141 Å². The second-order valence-electron chi connectivity index (χ2n) is 19.3. The summed E-state index contributed by atoms with van der Waals surface area (Å²) in [6.07, 6.45) is 32.0. The lowest BCUT2D eigenvalue weighted by molar-refractivity contribution is -0.129. The molecule has 0 heterocycles. The number of carbonyl (C=O) groups is 6. The molecular weight excluding hydrogens is 961 g/mol. The Balaban J connectivity index is -0.000000144. The van der Waals surface area contributed by atoms with Gasteiger partial charge in [0, 0.05) is 0 Å². The van der Waals surface area contributed by atoms with Crippen molar-refractivity contribution in [3.8, 4) is 0 Å². The third-order valence-corrected chi connectivity index (χ3v) is 10.3. The molecule has 0 aromatic heterocycles. The van der Waals surface area contributed by atoms with Gasteiger partial charge >= 0.3 is 5.97 Å². The molecule has 12 nitrogen and oxygen atoms in total. The van der Waals surface area contributed by atoms with Gasteiger partial charge in [-0.25, -0.2) is 4.79 Å². The van der Waals surface area contributed by atoms with E-state index in [4.69, 9.17) is 34.8 Å². The summed E-state index contributed by atoms with van der Waals surface area (Å²) in [6, 6.07) is 32.3. The number of ether oxygens (including phenoxy) is 2. The average Bonchev–Trinajstić information content (AvgIpc) is 3.40. The summed E-state index contributed by atoms with van der Waals surface area (Å²) >= 11 is 0. The van der Waals surface area contributed by atoms with E-state index < -0.39 is 5.97 Å². The van der Waals surface area contributed by atoms with Crippen molar-refractivity contribution in [3.63, 3.8) is 0 Å². The lowest BCUT2D eigenvalue weighted by Gasteiger charge is -2.03. The smallest absolute Gasteiger partial charge is 0.335 e. The molecule has 0 bridgehead atoms. The van der Waals surface area contributed by atoms with Gasteiger partial charge in [0.1, 0.15) is 0 Å². The van der Waals surface area contributed by atoms with E-state index in [-0.39, 0.29) is 19.4 Å². The summed E-state index contributed by atoms with van der Waals surface area (Å²) in [5.41, 5.74) is 0.331. The van der Waals surface area contributed by atoms with Crippen LogP contribution < -0.4 is 0 Å². The van der Waals surface area contributed by atoms with Crippen molar-refractivity contribution in [2.24, 2.45) is 23.7 Å². The van der Waals surface area contributed by atoms with E-state index in [1.54, 1.807) is 30.3 Å². The van der Waals surface area contributed by atoms with E-state index in [9.17, 15) is 14.4 Å². The van der Waals surface area contributed by atoms with Crippen LogP contribution in [-0.2, 0) is 33.4 Å². The molecule has 3 aromatic rings. The highest BCUT2D eigenvalue weighted by atomic mass is 16.5. The van der Waals surface area contributed by atoms with Gasteiger partial charge in [-0.05, 0) is 48.6 Å². The number of hydrogen-bond donors (Lipinski definition) is 4. The molecule has 0 unspecified atom stereocenters. The Hall–Kier alpha value is -5.52. The number of carbonyl (C=O) groups excluding carboxylic acids is 2. The van der Waals surface area contributed by atoms with E-state index >= 15 is 0 Å². The maximum atomic E-state index is 10.2. The van der Waals surface area contributed by atoms with Crippen LogP contribution >= 0.6 is 0 Å². The first-order valence-corrected chi connectivity index (χ1v) is 28.3. The van der Waals surface area contributed by atoms with Crippen molar-refractivity contribution < 1.29 is 58.7 Å². The van der Waals surface area contributed by atoms with Gasteiger partial charge in [0.15, 0.2) is 0 Å². The van der Waals surface area contributed by atoms with Gasteiger partial charge in [-0.3, -0.25) is 24.0 Å². The maximum Gasteiger partial charge on any atom is 0.335 e. The SMILES string of the molecule is CC(C)CCCCCCCOC=O.CC(C)CCCCCCCOC=O.CCCCCCCC(C)C.CCCCCCCC(C)C.O=C(O)c1ccccc1.O=CO.O=CO.O=CO.c1ccccc1.c1ccccc1. The Morgan fingerprint density at radius 2 is 0.566 bits per heavy atom. The zero-order chi connectivity index (χ0) is 58.8. The minimum Gasteiger partial charge on any atom is -0.483 e. The van der Waals surface area contributed by atoms with Crippen molar-refractivity contribution in [1.82, 2.24) is 0 Å². The molecule has 76 heavy (non-hydrogen) atoms. The monoisotopic (exact) mass is 1070 g/mol. The lowest BCUT2D eigenvalue weighted by atomic mass is 10.0. The topological polar surface area (TPSA) is 202 Å². The van der Waals surface area contributed by atoms with Crippen molar-refractivity contribution in [2.75, 3.05) is 13.2 Å². The molecule has 12 heteroatoms. The number of aromatic carboxylic acids is 1. The largest absolute Gasteiger partial charge is 0.483 e. The van der Waals surface area contributed by atoms with Crippen LogP contribution in [0.3, 0.4) is 0 Å². The van der Waals surface area contributed by atoms with Gasteiger partial charge in [0.05, 0.1) is 18.8 Å². The molecule has 0 fully saturated rings. The summed E-state index contributed by atoms with van der Waals surface area (Å²) in [7, 11) is 0. The van der Waals surface area contributed by atoms with Crippen LogP contribution in [0.5, 0.6) is 0 Å². The summed E-state index contributed by atoms with van der Waals surface area (Å²) in [5, 5.41) is 29.1. The number of unbranched alkanes of at least 4 members (excludes halogenated alkanes) is 16. The van der Waals surface area contributed by atoms with E-state index in [0.717, 1.165) is 36.5 Å². The molecule has 0 aliphatic carbocycles. The minimum atomic E-state index is -0.879. The fraction of sp³-hybridized carbons (Fsp3) is 0.625. The van der Waals surface area contributed by atoms with Gasteiger partial charge in [-0.1, -0.05) is 301 Å². The highest BCUT2D eigenvalue weighted by molar-refractivity contribution is 5.87. The summed E-state index contributed by atoms with van der Waals surface area (Å²) in [4.78, 5) is 54.9. The molecule has 0 spiro atoms. The first-order chi connectivity index (χ1) is 36.6. The highest BCUT2D eigenvalue weighted by Crippen LogP contribution is 2.13. The zero-order valence-corrected chi connectivity index (χ0v) is 49.5. The lowest BCUT2D eigenvalue weighted by Crippen LogP contribution is -1.93. The third kappa shape index (κ3) is 113. The standard InChI is InChI=1S/2C11H22O2.2C10H22.C7H6O2.2C6H6.3CH2O2/c2*1-11(2)8-6-4-3-5-7-9-13-10-12;2*1-4-5-6-7-8-9-10(2)3;8-7(9)6-4-2-1-3-5-6;2*1-2-4-6-5-3-1;3*2-1-3/h2*10-11H,3-9H2,1-2H3;2*10H,4-9H2,1-3H3;1-5H,(H,8,9);2*1-6H;3*1H,(H,2,3). The van der Waals surface area contributed by atoms with Crippen LogP contribution in [0.15, 0.2) is 103 Å². The Kier molecular flexibility index (Phi) is 92.7. The highest BCUT2D eigenvalue weighted by Gasteiger charge is 1.98. The Labute approximate surface area is 464 Å². The predicted molar refractivity (Wildman–Crippen MR) is 318 cm³/mol. The number of carboxylic acid groups (broad SMARTS) is 4. The van der Waals surface area contributed by atoms with E-state index in [0.29, 0.717) is 31.7 Å². The van der Waals surface area contributed by atoms with Crippen LogP contribution in [0.2, 0.25) is 0 Å². The van der Waals surface area contributed by atoms with Crippen LogP contribution in [-0.4, -0.2) is 72.0 Å². The van der Waals surface area contributed by atoms with Gasteiger partial charge < -0.3 is 29.9 Å². The molecule has 4 N–H and O–H groups in total. The molecule has 0 radical (unpaired) electrons. The molecule has 440 valence electrons. The van der Waals surface area contributed by atoms with Gasteiger partial charge in [-0.2, -0.15) is 0 Å².